The van der Waals surface area contributed by atoms with Gasteiger partial charge in [0.25, 0.3) is 7.37 Å². The maximum absolute atomic E-state index is 14.4. The Balaban J connectivity index is 1.60. The molecule has 1 heterocycles. The number of fused-ring (bicyclic) bond motifs is 3. The summed E-state index contributed by atoms with van der Waals surface area (Å²) in [6.07, 6.45) is 0.232. The van der Waals surface area contributed by atoms with Crippen LogP contribution < -0.4 is 9.83 Å². The molecule has 1 aliphatic rings. The highest BCUT2D eigenvalue weighted by Crippen LogP contribution is 2.57. The normalized spacial score (nSPS) is 16.9. The third kappa shape index (κ3) is 3.56. The Bertz CT molecular complexity index is 1440. The van der Waals surface area contributed by atoms with Crippen LogP contribution in [-0.4, -0.2) is 5.11 Å². The third-order valence-corrected chi connectivity index (χ3v) is 9.48. The van der Waals surface area contributed by atoms with Crippen molar-refractivity contribution in [2.75, 3.05) is 0 Å². The number of hydrogen-bond donors (Lipinski definition) is 1. The van der Waals surface area contributed by atoms with Gasteiger partial charge in [-0.2, -0.15) is 0 Å². The summed E-state index contributed by atoms with van der Waals surface area (Å²) >= 11 is 0. The van der Waals surface area contributed by atoms with E-state index in [0.717, 1.165) is 44.2 Å². The van der Waals surface area contributed by atoms with Crippen LogP contribution in [0.15, 0.2) is 84.9 Å². The fourth-order valence-corrected chi connectivity index (χ4v) is 7.63. The second-order valence-electron chi connectivity index (χ2n) is 9.62. The van der Waals surface area contributed by atoms with E-state index in [4.69, 9.17) is 4.52 Å². The van der Waals surface area contributed by atoms with E-state index in [0.29, 0.717) is 5.75 Å². The maximum atomic E-state index is 14.4. The minimum Gasteiger partial charge on any atom is -0.507 e. The molecule has 0 bridgehead atoms. The number of phenolic OH excluding ortho intramolecular Hbond substituents is 1. The second-order valence-corrected chi connectivity index (χ2v) is 11.9. The van der Waals surface area contributed by atoms with Crippen LogP contribution in [0.4, 0.5) is 0 Å². The largest absolute Gasteiger partial charge is 0.507 e. The molecule has 5 rings (SSSR count). The first-order chi connectivity index (χ1) is 16.2. The van der Waals surface area contributed by atoms with Gasteiger partial charge in [-0.05, 0) is 53.8 Å². The Morgan fingerprint density at radius 2 is 1.47 bits per heavy atom. The van der Waals surface area contributed by atoms with E-state index in [2.05, 4.69) is 26.0 Å². The van der Waals surface area contributed by atoms with Crippen LogP contribution >= 0.6 is 7.37 Å². The van der Waals surface area contributed by atoms with Gasteiger partial charge >= 0.3 is 0 Å². The number of aryl methyl sites for hydroxylation is 1. The van der Waals surface area contributed by atoms with Crippen molar-refractivity contribution in [3.8, 4) is 22.6 Å². The van der Waals surface area contributed by atoms with Crippen LogP contribution in [0.25, 0.3) is 11.1 Å². The summed E-state index contributed by atoms with van der Waals surface area (Å²) in [6.45, 7) is 8.19. The Morgan fingerprint density at radius 1 is 0.853 bits per heavy atom. The zero-order valence-electron chi connectivity index (χ0n) is 20.0. The van der Waals surface area contributed by atoms with Crippen molar-refractivity contribution in [3.63, 3.8) is 0 Å². The van der Waals surface area contributed by atoms with Crippen molar-refractivity contribution in [3.05, 3.63) is 113 Å². The minimum atomic E-state index is -3.26. The van der Waals surface area contributed by atoms with Crippen LogP contribution in [0.2, 0.25) is 0 Å². The van der Waals surface area contributed by atoms with Gasteiger partial charge in [-0.1, -0.05) is 86.6 Å². The predicted molar refractivity (Wildman–Crippen MR) is 140 cm³/mol. The molecule has 172 valence electrons. The molecule has 34 heavy (non-hydrogen) atoms. The van der Waals surface area contributed by atoms with Gasteiger partial charge in [0.1, 0.15) is 11.5 Å². The average Bonchev–Trinajstić information content (AvgIpc) is 2.85. The van der Waals surface area contributed by atoms with Gasteiger partial charge in [0.15, 0.2) is 0 Å². The van der Waals surface area contributed by atoms with Gasteiger partial charge in [0, 0.05) is 16.5 Å². The first-order valence-electron chi connectivity index (χ1n) is 11.6. The van der Waals surface area contributed by atoms with Crippen LogP contribution in [0, 0.1) is 13.8 Å². The highest BCUT2D eigenvalue weighted by atomic mass is 31.2. The molecule has 3 nitrogen and oxygen atoms in total. The molecule has 0 spiro atoms. The molecule has 4 aromatic carbocycles. The van der Waals surface area contributed by atoms with E-state index in [1.54, 1.807) is 0 Å². The molecular weight excluding hydrogens is 439 g/mol. The van der Waals surface area contributed by atoms with E-state index in [9.17, 15) is 9.67 Å². The van der Waals surface area contributed by atoms with Gasteiger partial charge in [0.05, 0.1) is 11.5 Å². The summed E-state index contributed by atoms with van der Waals surface area (Å²) in [6, 6.07) is 27.8. The average molecular weight is 469 g/mol. The molecule has 0 amide bonds. The number of aromatic hydroxyl groups is 1. The predicted octanol–water partition coefficient (Wildman–Crippen LogP) is 7.50. The second kappa shape index (κ2) is 8.18. The smallest absolute Gasteiger partial charge is 0.282 e. The molecule has 4 aromatic rings. The maximum Gasteiger partial charge on any atom is 0.282 e. The lowest BCUT2D eigenvalue weighted by Crippen LogP contribution is -2.21. The molecule has 4 heteroatoms. The fourth-order valence-electron chi connectivity index (χ4n) is 5.04. The van der Waals surface area contributed by atoms with Gasteiger partial charge in [-0.15, -0.1) is 0 Å². The lowest BCUT2D eigenvalue weighted by Gasteiger charge is -2.31. The number of hydrogen-bond acceptors (Lipinski definition) is 3. The Kier molecular flexibility index (Phi) is 5.41. The molecule has 1 unspecified atom stereocenters. The molecule has 0 aliphatic carbocycles. The fraction of sp³-hybridized carbons (Fsp3) is 0.200. The summed E-state index contributed by atoms with van der Waals surface area (Å²) in [7, 11) is -3.26. The first kappa shape index (κ1) is 22.5. The molecule has 0 radical (unpaired) electrons. The Morgan fingerprint density at radius 3 is 2.21 bits per heavy atom. The van der Waals surface area contributed by atoms with E-state index >= 15 is 0 Å². The van der Waals surface area contributed by atoms with Crippen molar-refractivity contribution in [1.82, 2.24) is 0 Å². The van der Waals surface area contributed by atoms with E-state index in [1.807, 2.05) is 86.6 Å². The summed E-state index contributed by atoms with van der Waals surface area (Å²) in [5.41, 5.74) is 6.17. The van der Waals surface area contributed by atoms with Crippen molar-refractivity contribution in [1.29, 1.82) is 0 Å². The van der Waals surface area contributed by atoms with Crippen LogP contribution in [0.5, 0.6) is 11.5 Å². The zero-order valence-corrected chi connectivity index (χ0v) is 20.9. The first-order valence-corrected chi connectivity index (χ1v) is 13.4. The van der Waals surface area contributed by atoms with Crippen LogP contribution in [0.3, 0.4) is 0 Å². The number of para-hydroxylation sites is 1. The van der Waals surface area contributed by atoms with Crippen molar-refractivity contribution < 1.29 is 14.2 Å². The molecule has 1 aliphatic heterocycles. The van der Waals surface area contributed by atoms with Crippen molar-refractivity contribution in [2.24, 2.45) is 0 Å². The summed E-state index contributed by atoms with van der Waals surface area (Å²) in [4.78, 5) is 0. The molecule has 1 atom stereocenters. The summed E-state index contributed by atoms with van der Waals surface area (Å²) in [5, 5.41) is 12.1. The van der Waals surface area contributed by atoms with E-state index < -0.39 is 7.37 Å². The molecule has 0 saturated carbocycles. The summed E-state index contributed by atoms with van der Waals surface area (Å²) in [5.74, 6) is 0.901. The zero-order chi connectivity index (χ0) is 24.1. The van der Waals surface area contributed by atoms with E-state index in [1.165, 1.54) is 0 Å². The topological polar surface area (TPSA) is 46.5 Å². The summed E-state index contributed by atoms with van der Waals surface area (Å²) < 4.78 is 20.6. The van der Waals surface area contributed by atoms with Crippen molar-refractivity contribution >= 4 is 12.7 Å². The van der Waals surface area contributed by atoms with Crippen LogP contribution in [0.1, 0.15) is 41.7 Å². The van der Waals surface area contributed by atoms with Gasteiger partial charge in [0.2, 0.25) is 0 Å². The van der Waals surface area contributed by atoms with Gasteiger partial charge in [-0.25, -0.2) is 0 Å². The lowest BCUT2D eigenvalue weighted by molar-refractivity contribution is 0.447. The van der Waals surface area contributed by atoms with Gasteiger partial charge in [-0.3, -0.25) is 4.57 Å². The number of rotatable bonds is 4. The highest BCUT2D eigenvalue weighted by Gasteiger charge is 2.37. The van der Waals surface area contributed by atoms with E-state index in [-0.39, 0.29) is 17.3 Å². The molecule has 0 saturated heterocycles. The van der Waals surface area contributed by atoms with Crippen LogP contribution in [-0.2, 0) is 16.1 Å². The lowest BCUT2D eigenvalue weighted by atomic mass is 9.76. The molecule has 1 N–H and O–H groups in total. The van der Waals surface area contributed by atoms with Gasteiger partial charge < -0.3 is 9.63 Å². The Hall–Kier alpha value is -3.29. The molecule has 0 aromatic heterocycles. The SMILES string of the molecule is Cc1cc(C(C)(C)c2ccccc2)c(O)c(C)c1CP1(=O)Oc2ccccc2-c2ccccc21. The Labute approximate surface area is 201 Å². The minimum absolute atomic E-state index is 0.232. The monoisotopic (exact) mass is 468 g/mol. The number of phenols is 1. The molecule has 0 fully saturated rings. The molecular formula is C30H29O3P. The highest BCUT2D eigenvalue weighted by molar-refractivity contribution is 7.67. The quantitative estimate of drug-likeness (QED) is 0.316. The number of benzene rings is 4. The third-order valence-electron chi connectivity index (χ3n) is 7.13. The standard InChI is InChI=1S/C30H29O3P/c1-20-18-26(30(3,4)22-12-6-5-7-13-22)29(31)21(2)25(20)19-34(32)28-17-11-9-15-24(28)23-14-8-10-16-27(23)33-34/h5-18,31H,19H2,1-4H3. The van der Waals surface area contributed by atoms with Crippen molar-refractivity contribution in [2.45, 2.75) is 39.3 Å².